The van der Waals surface area contributed by atoms with E-state index in [1.54, 1.807) is 0 Å². The summed E-state index contributed by atoms with van der Waals surface area (Å²) in [7, 11) is 0. The number of benzene rings is 2. The van der Waals surface area contributed by atoms with E-state index < -0.39 is 23.4 Å². The molecule has 4 nitrogen and oxygen atoms in total. The zero-order chi connectivity index (χ0) is 15.1. The second-order valence-electron chi connectivity index (χ2n) is 4.36. The number of carbonyl (C=O) groups is 1. The van der Waals surface area contributed by atoms with Gasteiger partial charge < -0.3 is 5.11 Å². The minimum Gasteiger partial charge on any atom is -0.478 e. The van der Waals surface area contributed by atoms with Gasteiger partial charge in [0.25, 0.3) is 0 Å². The van der Waals surface area contributed by atoms with Gasteiger partial charge in [-0.25, -0.2) is 18.0 Å². The molecule has 21 heavy (non-hydrogen) atoms. The van der Waals surface area contributed by atoms with Crippen molar-refractivity contribution in [3.63, 3.8) is 0 Å². The van der Waals surface area contributed by atoms with Crippen LogP contribution in [0.5, 0.6) is 0 Å². The van der Waals surface area contributed by atoms with E-state index in [-0.39, 0.29) is 16.8 Å². The van der Waals surface area contributed by atoms with E-state index >= 15 is 0 Å². The van der Waals surface area contributed by atoms with Crippen molar-refractivity contribution >= 4 is 16.9 Å². The highest BCUT2D eigenvalue weighted by molar-refractivity contribution is 5.98. The summed E-state index contributed by atoms with van der Waals surface area (Å²) in [6.45, 7) is 0. The molecule has 0 amide bonds. The van der Waals surface area contributed by atoms with Crippen LogP contribution in [0, 0.1) is 17.5 Å². The highest BCUT2D eigenvalue weighted by atomic mass is 19.2. The number of hydrogen-bond acceptors (Lipinski definition) is 2. The van der Waals surface area contributed by atoms with Gasteiger partial charge in [0, 0.05) is 10.9 Å². The number of nitrogens with zero attached hydrogens (tertiary/aromatic N) is 1. The van der Waals surface area contributed by atoms with Gasteiger partial charge in [-0.1, -0.05) is 0 Å². The maximum Gasteiger partial charge on any atom is 0.335 e. The van der Waals surface area contributed by atoms with Gasteiger partial charge in [-0.3, -0.25) is 5.10 Å². The smallest absolute Gasteiger partial charge is 0.335 e. The van der Waals surface area contributed by atoms with Crippen molar-refractivity contribution in [2.24, 2.45) is 0 Å². The molecule has 1 heterocycles. The molecule has 0 radical (unpaired) electrons. The number of H-pyrrole nitrogens is 1. The molecule has 0 fully saturated rings. The van der Waals surface area contributed by atoms with Crippen LogP contribution in [0.4, 0.5) is 13.2 Å². The molecule has 3 rings (SSSR count). The van der Waals surface area contributed by atoms with E-state index in [1.807, 2.05) is 0 Å². The molecule has 0 aliphatic rings. The lowest BCUT2D eigenvalue weighted by molar-refractivity contribution is 0.0697. The SMILES string of the molecule is O=C(O)c1ccc2[nH]nc(-c3ccc(F)c(F)c3F)c2c1. The second kappa shape index (κ2) is 4.62. The van der Waals surface area contributed by atoms with E-state index in [4.69, 9.17) is 5.11 Å². The second-order valence-corrected chi connectivity index (χ2v) is 4.36. The van der Waals surface area contributed by atoms with Crippen molar-refractivity contribution in [2.75, 3.05) is 0 Å². The maximum absolute atomic E-state index is 13.8. The lowest BCUT2D eigenvalue weighted by Crippen LogP contribution is -1.96. The van der Waals surface area contributed by atoms with Crippen molar-refractivity contribution < 1.29 is 23.1 Å². The number of fused-ring (bicyclic) bond motifs is 1. The monoisotopic (exact) mass is 292 g/mol. The quantitative estimate of drug-likeness (QED) is 0.712. The van der Waals surface area contributed by atoms with E-state index in [1.165, 1.54) is 18.2 Å². The number of nitrogens with one attached hydrogen (secondary N) is 1. The molecule has 0 saturated heterocycles. The van der Waals surface area contributed by atoms with Gasteiger partial charge in [-0.2, -0.15) is 5.10 Å². The number of aromatic carboxylic acids is 1. The minimum atomic E-state index is -1.60. The Morgan fingerprint density at radius 1 is 1.10 bits per heavy atom. The molecule has 1 aromatic heterocycles. The first kappa shape index (κ1) is 13.2. The fourth-order valence-electron chi connectivity index (χ4n) is 2.06. The van der Waals surface area contributed by atoms with Crippen LogP contribution in [-0.4, -0.2) is 21.3 Å². The Bertz CT molecular complexity index is 874. The molecule has 0 spiro atoms. The first-order chi connectivity index (χ1) is 9.99. The largest absolute Gasteiger partial charge is 0.478 e. The van der Waals surface area contributed by atoms with E-state index in [2.05, 4.69) is 10.2 Å². The predicted octanol–water partition coefficient (Wildman–Crippen LogP) is 3.35. The van der Waals surface area contributed by atoms with E-state index in [9.17, 15) is 18.0 Å². The molecular formula is C14H7F3N2O2. The zero-order valence-corrected chi connectivity index (χ0v) is 10.3. The molecule has 2 aromatic carbocycles. The zero-order valence-electron chi connectivity index (χ0n) is 10.3. The first-order valence-corrected chi connectivity index (χ1v) is 5.84. The Morgan fingerprint density at radius 2 is 1.86 bits per heavy atom. The van der Waals surface area contributed by atoms with Gasteiger partial charge in [0.05, 0.1) is 11.1 Å². The summed E-state index contributed by atoms with van der Waals surface area (Å²) >= 11 is 0. The summed E-state index contributed by atoms with van der Waals surface area (Å²) in [5.41, 5.74) is 0.208. The Kier molecular flexibility index (Phi) is 2.90. The van der Waals surface area contributed by atoms with Crippen LogP contribution < -0.4 is 0 Å². The topological polar surface area (TPSA) is 66.0 Å². The van der Waals surface area contributed by atoms with Crippen molar-refractivity contribution in [1.29, 1.82) is 0 Å². The molecule has 0 aliphatic heterocycles. The highest BCUT2D eigenvalue weighted by Gasteiger charge is 2.19. The average molecular weight is 292 g/mol. The molecule has 0 aliphatic carbocycles. The number of aromatic nitrogens is 2. The van der Waals surface area contributed by atoms with Crippen LogP contribution in [0.1, 0.15) is 10.4 Å². The molecule has 7 heteroatoms. The van der Waals surface area contributed by atoms with Crippen LogP contribution in [0.2, 0.25) is 0 Å². The Balaban J connectivity index is 2.28. The molecule has 0 unspecified atom stereocenters. The van der Waals surface area contributed by atoms with Gasteiger partial charge in [-0.05, 0) is 30.3 Å². The number of aromatic amines is 1. The van der Waals surface area contributed by atoms with Gasteiger partial charge >= 0.3 is 5.97 Å². The first-order valence-electron chi connectivity index (χ1n) is 5.84. The highest BCUT2D eigenvalue weighted by Crippen LogP contribution is 2.30. The van der Waals surface area contributed by atoms with Crippen LogP contribution in [0.3, 0.4) is 0 Å². The van der Waals surface area contributed by atoms with Gasteiger partial charge in [0.2, 0.25) is 0 Å². The van der Waals surface area contributed by atoms with Crippen LogP contribution in [0.15, 0.2) is 30.3 Å². The van der Waals surface area contributed by atoms with Crippen molar-refractivity contribution in [2.45, 2.75) is 0 Å². The van der Waals surface area contributed by atoms with Crippen molar-refractivity contribution in [3.8, 4) is 11.3 Å². The van der Waals surface area contributed by atoms with Crippen molar-refractivity contribution in [3.05, 3.63) is 53.3 Å². The lowest BCUT2D eigenvalue weighted by atomic mass is 10.0. The average Bonchev–Trinajstić information content (AvgIpc) is 2.88. The number of carboxylic acids is 1. The standard InChI is InChI=1S/C14H7F3N2O2/c15-9-3-2-7(11(16)12(9)17)13-8-5-6(14(20)21)1-4-10(8)18-19-13/h1-5H,(H,18,19)(H,20,21). The van der Waals surface area contributed by atoms with E-state index in [0.29, 0.717) is 10.9 Å². The lowest BCUT2D eigenvalue weighted by Gasteiger charge is -2.03. The Hall–Kier alpha value is -2.83. The molecule has 0 bridgehead atoms. The van der Waals surface area contributed by atoms with Gasteiger partial charge in [0.15, 0.2) is 17.5 Å². The van der Waals surface area contributed by atoms with Crippen LogP contribution in [-0.2, 0) is 0 Å². The number of carboxylic acid groups (broad SMARTS) is 1. The minimum absolute atomic E-state index is 0.0181. The molecule has 0 saturated carbocycles. The predicted molar refractivity (Wildman–Crippen MR) is 68.4 cm³/mol. The molecule has 106 valence electrons. The maximum atomic E-state index is 13.8. The summed E-state index contributed by atoms with van der Waals surface area (Å²) in [5.74, 6) is -5.43. The number of halogens is 3. The summed E-state index contributed by atoms with van der Waals surface area (Å²) in [5, 5.41) is 15.7. The number of rotatable bonds is 2. The third-order valence-electron chi connectivity index (χ3n) is 3.10. The van der Waals surface area contributed by atoms with Crippen molar-refractivity contribution in [1.82, 2.24) is 10.2 Å². The number of hydrogen-bond donors (Lipinski definition) is 2. The summed E-state index contributed by atoms with van der Waals surface area (Å²) in [4.78, 5) is 11.0. The summed E-state index contributed by atoms with van der Waals surface area (Å²) in [6.07, 6.45) is 0. The van der Waals surface area contributed by atoms with Gasteiger partial charge in [0.1, 0.15) is 5.69 Å². The van der Waals surface area contributed by atoms with Gasteiger partial charge in [-0.15, -0.1) is 0 Å². The Labute approximate surface area is 115 Å². The fourth-order valence-corrected chi connectivity index (χ4v) is 2.06. The van der Waals surface area contributed by atoms with Crippen LogP contribution in [0.25, 0.3) is 22.2 Å². The third-order valence-corrected chi connectivity index (χ3v) is 3.10. The van der Waals surface area contributed by atoms with Crippen LogP contribution >= 0.6 is 0 Å². The molecule has 2 N–H and O–H groups in total. The molecular weight excluding hydrogens is 285 g/mol. The molecule has 3 aromatic rings. The summed E-state index contributed by atoms with van der Waals surface area (Å²) < 4.78 is 40.1. The normalized spacial score (nSPS) is 11.0. The fraction of sp³-hybridized carbons (Fsp3) is 0. The van der Waals surface area contributed by atoms with E-state index in [0.717, 1.165) is 12.1 Å². The third kappa shape index (κ3) is 2.03. The molecule has 0 atom stereocenters. The summed E-state index contributed by atoms with van der Waals surface area (Å²) in [6, 6.07) is 5.95. The Morgan fingerprint density at radius 3 is 2.57 bits per heavy atom.